The Hall–Kier alpha value is -2.68. The number of likely N-dealkylation sites (tertiary alicyclic amines) is 1. The minimum atomic E-state index is -0.145. The number of rotatable bonds is 6. The zero-order valence-corrected chi connectivity index (χ0v) is 16.3. The number of amides is 1. The summed E-state index contributed by atoms with van der Waals surface area (Å²) in [4.78, 5) is 15.1. The second kappa shape index (κ2) is 9.50. The largest absolute Gasteiger partial charge is 0.396 e. The average Bonchev–Trinajstić information content (AvgIpc) is 2.74. The molecule has 0 aliphatic carbocycles. The Morgan fingerprint density at radius 3 is 2.93 bits per heavy atom. The summed E-state index contributed by atoms with van der Waals surface area (Å²) < 4.78 is 0. The SMILES string of the molecule is CCc1cc(C#N)ccc1NC(=O)c1cccc(CN2CCCC(CO)C2)c1. The zero-order chi connectivity index (χ0) is 19.9. The van der Waals surface area contributed by atoms with Gasteiger partial charge in [0.05, 0.1) is 11.6 Å². The Bertz CT molecular complexity index is 872. The van der Waals surface area contributed by atoms with E-state index in [1.807, 2.05) is 37.3 Å². The average molecular weight is 377 g/mol. The van der Waals surface area contributed by atoms with Gasteiger partial charge >= 0.3 is 0 Å². The second-order valence-corrected chi connectivity index (χ2v) is 7.42. The molecule has 1 heterocycles. The first-order valence-corrected chi connectivity index (χ1v) is 9.89. The zero-order valence-electron chi connectivity index (χ0n) is 16.3. The molecule has 0 aromatic heterocycles. The predicted octanol–water partition coefficient (Wildman–Crippen LogP) is 3.58. The van der Waals surface area contributed by atoms with E-state index in [2.05, 4.69) is 16.3 Å². The van der Waals surface area contributed by atoms with Gasteiger partial charge in [-0.3, -0.25) is 9.69 Å². The van der Waals surface area contributed by atoms with Crippen molar-refractivity contribution < 1.29 is 9.90 Å². The lowest BCUT2D eigenvalue weighted by Crippen LogP contribution is -2.36. The van der Waals surface area contributed by atoms with Gasteiger partial charge in [0.25, 0.3) is 5.91 Å². The van der Waals surface area contributed by atoms with Crippen LogP contribution in [-0.2, 0) is 13.0 Å². The first kappa shape index (κ1) is 20.1. The van der Waals surface area contributed by atoms with Crippen molar-refractivity contribution >= 4 is 11.6 Å². The van der Waals surface area contributed by atoms with Gasteiger partial charge in [0.1, 0.15) is 0 Å². The molecular formula is C23H27N3O2. The van der Waals surface area contributed by atoms with Crippen molar-refractivity contribution in [3.63, 3.8) is 0 Å². The molecule has 2 aromatic rings. The van der Waals surface area contributed by atoms with Crippen LogP contribution >= 0.6 is 0 Å². The summed E-state index contributed by atoms with van der Waals surface area (Å²) >= 11 is 0. The van der Waals surface area contributed by atoms with Crippen molar-refractivity contribution in [1.82, 2.24) is 4.90 Å². The maximum absolute atomic E-state index is 12.8. The summed E-state index contributed by atoms with van der Waals surface area (Å²) in [5, 5.41) is 21.4. The molecule has 1 saturated heterocycles. The van der Waals surface area contributed by atoms with Crippen LogP contribution in [-0.4, -0.2) is 35.6 Å². The molecule has 1 atom stereocenters. The molecule has 0 radical (unpaired) electrons. The molecule has 1 fully saturated rings. The molecule has 5 nitrogen and oxygen atoms in total. The summed E-state index contributed by atoms with van der Waals surface area (Å²) in [6.07, 6.45) is 2.93. The van der Waals surface area contributed by atoms with E-state index in [-0.39, 0.29) is 12.5 Å². The number of nitrogens with zero attached hydrogens (tertiary/aromatic N) is 2. The molecule has 0 bridgehead atoms. The van der Waals surface area contributed by atoms with Gasteiger partial charge in [0.2, 0.25) is 0 Å². The van der Waals surface area contributed by atoms with E-state index in [0.29, 0.717) is 17.0 Å². The molecule has 1 aliphatic rings. The van der Waals surface area contributed by atoms with Crippen LogP contribution in [0, 0.1) is 17.2 Å². The quantitative estimate of drug-likeness (QED) is 0.807. The van der Waals surface area contributed by atoms with Crippen LogP contribution in [0.5, 0.6) is 0 Å². The third kappa shape index (κ3) is 4.98. The Morgan fingerprint density at radius 1 is 1.32 bits per heavy atom. The highest BCUT2D eigenvalue weighted by Crippen LogP contribution is 2.21. The van der Waals surface area contributed by atoms with Crippen LogP contribution in [0.4, 0.5) is 5.69 Å². The summed E-state index contributed by atoms with van der Waals surface area (Å²) in [5.41, 5.74) is 4.02. The molecule has 2 aromatic carbocycles. The first-order chi connectivity index (χ1) is 13.6. The molecule has 2 N–H and O–H groups in total. The first-order valence-electron chi connectivity index (χ1n) is 9.89. The van der Waals surface area contributed by atoms with Crippen molar-refractivity contribution in [3.8, 4) is 6.07 Å². The minimum absolute atomic E-state index is 0.145. The molecule has 28 heavy (non-hydrogen) atoms. The van der Waals surface area contributed by atoms with Crippen molar-refractivity contribution in [2.75, 3.05) is 25.0 Å². The Balaban J connectivity index is 1.70. The molecule has 1 amide bonds. The van der Waals surface area contributed by atoms with Crippen LogP contribution in [0.25, 0.3) is 0 Å². The van der Waals surface area contributed by atoms with Crippen LogP contribution < -0.4 is 5.32 Å². The van der Waals surface area contributed by atoms with Gasteiger partial charge in [-0.1, -0.05) is 19.1 Å². The van der Waals surface area contributed by atoms with E-state index in [4.69, 9.17) is 5.26 Å². The molecule has 1 aliphatic heterocycles. The summed E-state index contributed by atoms with van der Waals surface area (Å²) in [6, 6.07) is 15.2. The maximum Gasteiger partial charge on any atom is 0.255 e. The topological polar surface area (TPSA) is 76.4 Å². The van der Waals surface area contributed by atoms with Crippen molar-refractivity contribution in [1.29, 1.82) is 5.26 Å². The van der Waals surface area contributed by atoms with Gasteiger partial charge in [0, 0.05) is 30.9 Å². The van der Waals surface area contributed by atoms with E-state index in [0.717, 1.165) is 55.7 Å². The normalized spacial score (nSPS) is 17.1. The molecule has 146 valence electrons. The van der Waals surface area contributed by atoms with Crippen LogP contribution in [0.2, 0.25) is 0 Å². The van der Waals surface area contributed by atoms with Gasteiger partial charge in [0.15, 0.2) is 0 Å². The second-order valence-electron chi connectivity index (χ2n) is 7.42. The summed E-state index contributed by atoms with van der Waals surface area (Å²) in [6.45, 7) is 4.96. The summed E-state index contributed by atoms with van der Waals surface area (Å²) in [5.74, 6) is 0.206. The summed E-state index contributed by atoms with van der Waals surface area (Å²) in [7, 11) is 0. The third-order valence-electron chi connectivity index (χ3n) is 5.32. The fourth-order valence-corrected chi connectivity index (χ4v) is 3.79. The number of piperidine rings is 1. The van der Waals surface area contributed by atoms with Crippen molar-refractivity contribution in [2.45, 2.75) is 32.7 Å². The lowest BCUT2D eigenvalue weighted by Gasteiger charge is -2.31. The van der Waals surface area contributed by atoms with Gasteiger partial charge < -0.3 is 10.4 Å². The van der Waals surface area contributed by atoms with E-state index in [9.17, 15) is 9.90 Å². The maximum atomic E-state index is 12.8. The number of nitrogens with one attached hydrogen (secondary N) is 1. The monoisotopic (exact) mass is 377 g/mol. The lowest BCUT2D eigenvalue weighted by atomic mass is 9.98. The van der Waals surface area contributed by atoms with E-state index >= 15 is 0 Å². The number of aliphatic hydroxyl groups is 1. The fourth-order valence-electron chi connectivity index (χ4n) is 3.79. The smallest absolute Gasteiger partial charge is 0.255 e. The van der Waals surface area contributed by atoms with Crippen LogP contribution in [0.15, 0.2) is 42.5 Å². The predicted molar refractivity (Wildman–Crippen MR) is 110 cm³/mol. The third-order valence-corrected chi connectivity index (χ3v) is 5.32. The van der Waals surface area contributed by atoms with Crippen molar-refractivity contribution in [2.24, 2.45) is 5.92 Å². The van der Waals surface area contributed by atoms with E-state index in [1.165, 1.54) is 0 Å². The highest BCUT2D eigenvalue weighted by atomic mass is 16.3. The van der Waals surface area contributed by atoms with Crippen molar-refractivity contribution in [3.05, 3.63) is 64.7 Å². The number of hydrogen-bond donors (Lipinski definition) is 2. The highest BCUT2D eigenvalue weighted by Gasteiger charge is 2.19. The number of carbonyl (C=O) groups excluding carboxylic acids is 1. The van der Waals surface area contributed by atoms with Gasteiger partial charge in [-0.05, 0) is 73.2 Å². The molecular weight excluding hydrogens is 350 g/mol. The highest BCUT2D eigenvalue weighted by molar-refractivity contribution is 6.04. The molecule has 3 rings (SSSR count). The minimum Gasteiger partial charge on any atom is -0.396 e. The lowest BCUT2D eigenvalue weighted by molar-refractivity contribution is 0.102. The number of nitriles is 1. The Kier molecular flexibility index (Phi) is 6.80. The molecule has 1 unspecified atom stereocenters. The number of hydrogen-bond acceptors (Lipinski definition) is 4. The van der Waals surface area contributed by atoms with Gasteiger partial charge in [-0.15, -0.1) is 0 Å². The number of aryl methyl sites for hydroxylation is 1. The molecule has 0 spiro atoms. The van der Waals surface area contributed by atoms with E-state index < -0.39 is 0 Å². The standard InChI is InChI=1S/C23H27N3O2/c1-2-20-11-17(13-24)8-9-22(20)25-23(28)21-7-3-5-18(12-21)14-26-10-4-6-19(15-26)16-27/h3,5,7-9,11-12,19,27H,2,4,6,10,14-16H2,1H3,(H,25,28). The van der Waals surface area contributed by atoms with Gasteiger partial charge in [-0.2, -0.15) is 5.26 Å². The molecule has 0 saturated carbocycles. The van der Waals surface area contributed by atoms with Gasteiger partial charge in [-0.25, -0.2) is 0 Å². The Morgan fingerprint density at radius 2 is 2.18 bits per heavy atom. The Labute approximate surface area is 166 Å². The number of anilines is 1. The number of carbonyl (C=O) groups is 1. The number of aliphatic hydroxyl groups excluding tert-OH is 1. The van der Waals surface area contributed by atoms with Crippen LogP contribution in [0.3, 0.4) is 0 Å². The number of benzene rings is 2. The fraction of sp³-hybridized carbons (Fsp3) is 0.391. The molecule has 5 heteroatoms. The van der Waals surface area contributed by atoms with Crippen LogP contribution in [0.1, 0.15) is 46.8 Å². The van der Waals surface area contributed by atoms with E-state index in [1.54, 1.807) is 12.1 Å².